The lowest BCUT2D eigenvalue weighted by Crippen LogP contribution is -2.41. The zero-order chi connectivity index (χ0) is 19.0. The molecule has 1 aromatic heterocycles. The molecule has 0 spiro atoms. The number of aromatic nitrogens is 1. The summed E-state index contributed by atoms with van der Waals surface area (Å²) in [6, 6.07) is 9.11. The Bertz CT molecular complexity index is 718. The van der Waals surface area contributed by atoms with Gasteiger partial charge in [0.15, 0.2) is 11.5 Å². The van der Waals surface area contributed by atoms with Gasteiger partial charge < -0.3 is 20.5 Å². The van der Waals surface area contributed by atoms with E-state index in [1.807, 2.05) is 26.0 Å². The van der Waals surface area contributed by atoms with Crippen molar-refractivity contribution in [2.45, 2.75) is 33.3 Å². The molecular weight excluding hydrogens is 401 g/mol. The second kappa shape index (κ2) is 12.4. The van der Waals surface area contributed by atoms with E-state index in [-0.39, 0.29) is 30.7 Å². The molecule has 0 radical (unpaired) electrons. The van der Waals surface area contributed by atoms with Crippen molar-refractivity contribution in [1.82, 2.24) is 4.98 Å². The monoisotopic (exact) mass is 429 g/mol. The third-order valence-electron chi connectivity index (χ3n) is 4.79. The van der Waals surface area contributed by atoms with Crippen LogP contribution >= 0.6 is 24.8 Å². The van der Waals surface area contributed by atoms with E-state index in [0.29, 0.717) is 43.2 Å². The Balaban J connectivity index is 0.00000364. The first kappa shape index (κ1) is 26.0. The van der Waals surface area contributed by atoms with Crippen LogP contribution in [0, 0.1) is 5.41 Å². The van der Waals surface area contributed by atoms with Gasteiger partial charge in [-0.05, 0) is 42.7 Å². The number of rotatable bonds is 9. The topological polar surface area (TPSA) is 86.5 Å². The molecule has 0 saturated heterocycles. The van der Waals surface area contributed by atoms with Gasteiger partial charge in [-0.1, -0.05) is 13.8 Å². The van der Waals surface area contributed by atoms with Crippen molar-refractivity contribution in [2.24, 2.45) is 11.1 Å². The largest absolute Gasteiger partial charge is 0.493 e. The van der Waals surface area contributed by atoms with E-state index in [1.165, 1.54) is 0 Å². The maximum atomic E-state index is 12.7. The van der Waals surface area contributed by atoms with E-state index in [4.69, 9.17) is 15.2 Å². The number of methoxy groups -OCH3 is 1. The van der Waals surface area contributed by atoms with Gasteiger partial charge in [0.05, 0.1) is 12.5 Å². The predicted molar refractivity (Wildman–Crippen MR) is 117 cm³/mol. The van der Waals surface area contributed by atoms with Crippen LogP contribution < -0.4 is 20.5 Å². The molecule has 2 aromatic rings. The Labute approximate surface area is 179 Å². The number of pyridine rings is 1. The summed E-state index contributed by atoms with van der Waals surface area (Å²) in [5.41, 5.74) is 6.95. The number of anilines is 1. The van der Waals surface area contributed by atoms with Crippen LogP contribution in [-0.2, 0) is 11.4 Å². The molecule has 28 heavy (non-hydrogen) atoms. The van der Waals surface area contributed by atoms with Crippen LogP contribution in [0.2, 0.25) is 0 Å². The fourth-order valence-electron chi connectivity index (χ4n) is 2.72. The number of nitrogens with two attached hydrogens (primary N) is 1. The van der Waals surface area contributed by atoms with Crippen LogP contribution in [0.1, 0.15) is 32.3 Å². The average Bonchev–Trinajstić information content (AvgIpc) is 2.69. The third-order valence-corrected chi connectivity index (χ3v) is 4.79. The molecule has 0 unspecified atom stereocenters. The highest BCUT2D eigenvalue weighted by molar-refractivity contribution is 5.95. The SMILES string of the molecule is CCC(CC)(CN)C(=O)Nc1ccc(OC)c(OCc2ccncc2)c1.Cl.Cl. The fraction of sp³-hybridized carbons (Fsp3) is 0.400. The minimum Gasteiger partial charge on any atom is -0.493 e. The zero-order valence-electron chi connectivity index (χ0n) is 16.4. The first-order valence-electron chi connectivity index (χ1n) is 8.79. The molecule has 8 heteroatoms. The van der Waals surface area contributed by atoms with Crippen molar-refractivity contribution >= 4 is 36.4 Å². The summed E-state index contributed by atoms with van der Waals surface area (Å²) < 4.78 is 11.2. The van der Waals surface area contributed by atoms with Crippen LogP contribution in [0.25, 0.3) is 0 Å². The number of nitrogens with zero attached hydrogens (tertiary/aromatic N) is 1. The maximum absolute atomic E-state index is 12.7. The molecule has 156 valence electrons. The molecule has 2 rings (SSSR count). The lowest BCUT2D eigenvalue weighted by Gasteiger charge is -2.28. The van der Waals surface area contributed by atoms with Crippen LogP contribution in [-0.4, -0.2) is 24.5 Å². The number of carbonyl (C=O) groups is 1. The summed E-state index contributed by atoms with van der Waals surface area (Å²) in [6.45, 7) is 4.65. The van der Waals surface area contributed by atoms with Crippen molar-refractivity contribution in [2.75, 3.05) is 19.0 Å². The highest BCUT2D eigenvalue weighted by atomic mass is 35.5. The molecular formula is C20H29Cl2N3O3. The van der Waals surface area contributed by atoms with E-state index in [1.54, 1.807) is 37.7 Å². The number of benzene rings is 1. The van der Waals surface area contributed by atoms with Gasteiger partial charge in [0.1, 0.15) is 6.61 Å². The minimum atomic E-state index is -0.558. The molecule has 0 bridgehead atoms. The second-order valence-corrected chi connectivity index (χ2v) is 6.16. The number of nitrogens with one attached hydrogen (secondary N) is 1. The zero-order valence-corrected chi connectivity index (χ0v) is 18.1. The third kappa shape index (κ3) is 6.26. The van der Waals surface area contributed by atoms with Crippen molar-refractivity contribution in [1.29, 1.82) is 0 Å². The van der Waals surface area contributed by atoms with E-state index in [9.17, 15) is 4.79 Å². The van der Waals surface area contributed by atoms with Crippen LogP contribution in [0.3, 0.4) is 0 Å². The summed E-state index contributed by atoms with van der Waals surface area (Å²) in [5, 5.41) is 2.96. The average molecular weight is 430 g/mol. The lowest BCUT2D eigenvalue weighted by molar-refractivity contribution is -0.125. The van der Waals surface area contributed by atoms with Gasteiger partial charge in [0.2, 0.25) is 5.91 Å². The van der Waals surface area contributed by atoms with E-state index >= 15 is 0 Å². The Kier molecular flexibility index (Phi) is 11.5. The van der Waals surface area contributed by atoms with Crippen molar-refractivity contribution in [3.05, 3.63) is 48.3 Å². The van der Waals surface area contributed by atoms with Gasteiger partial charge in [0.25, 0.3) is 0 Å². The van der Waals surface area contributed by atoms with Crippen molar-refractivity contribution in [3.8, 4) is 11.5 Å². The molecule has 0 aliphatic carbocycles. The quantitative estimate of drug-likeness (QED) is 0.622. The summed E-state index contributed by atoms with van der Waals surface area (Å²) >= 11 is 0. The Morgan fingerprint density at radius 2 is 1.75 bits per heavy atom. The summed E-state index contributed by atoms with van der Waals surface area (Å²) in [6.07, 6.45) is 4.81. The normalized spacial score (nSPS) is 10.3. The molecule has 6 nitrogen and oxygen atoms in total. The van der Waals surface area contributed by atoms with Crippen LogP contribution in [0.4, 0.5) is 5.69 Å². The number of halogens is 2. The number of hydrogen-bond donors (Lipinski definition) is 2. The van der Waals surface area contributed by atoms with Crippen LogP contribution in [0.5, 0.6) is 11.5 Å². The second-order valence-electron chi connectivity index (χ2n) is 6.16. The minimum absolute atomic E-state index is 0. The van der Waals surface area contributed by atoms with Crippen molar-refractivity contribution < 1.29 is 14.3 Å². The maximum Gasteiger partial charge on any atom is 0.231 e. The predicted octanol–water partition coefficient (Wildman–Crippen LogP) is 4.22. The summed E-state index contributed by atoms with van der Waals surface area (Å²) in [4.78, 5) is 16.7. The summed E-state index contributed by atoms with van der Waals surface area (Å²) in [7, 11) is 1.58. The molecule has 0 atom stereocenters. The Morgan fingerprint density at radius 3 is 2.29 bits per heavy atom. The molecule has 0 aliphatic rings. The molecule has 1 heterocycles. The molecule has 0 saturated carbocycles. The number of carbonyl (C=O) groups excluding carboxylic acids is 1. The highest BCUT2D eigenvalue weighted by Crippen LogP contribution is 2.32. The number of ether oxygens (including phenoxy) is 2. The smallest absolute Gasteiger partial charge is 0.231 e. The first-order valence-corrected chi connectivity index (χ1v) is 8.79. The van der Waals surface area contributed by atoms with Crippen molar-refractivity contribution in [3.63, 3.8) is 0 Å². The lowest BCUT2D eigenvalue weighted by atomic mass is 9.81. The molecule has 0 fully saturated rings. The van der Waals surface area contributed by atoms with Gasteiger partial charge in [0, 0.05) is 30.7 Å². The van der Waals surface area contributed by atoms with E-state index < -0.39 is 5.41 Å². The Morgan fingerprint density at radius 1 is 1.11 bits per heavy atom. The standard InChI is InChI=1S/C20H27N3O3.2ClH/c1-4-20(5-2,14-21)19(24)23-16-6-7-17(25-3)18(12-16)26-13-15-8-10-22-11-9-15;;/h6-12H,4-5,13-14,21H2,1-3H3,(H,23,24);2*1H. The van der Waals surface area contributed by atoms with Gasteiger partial charge in [-0.15, -0.1) is 24.8 Å². The number of amides is 1. The summed E-state index contributed by atoms with van der Waals surface area (Å²) in [5.74, 6) is 1.09. The number of hydrogen-bond acceptors (Lipinski definition) is 5. The van der Waals surface area contributed by atoms with E-state index in [0.717, 1.165) is 5.56 Å². The van der Waals surface area contributed by atoms with Gasteiger partial charge in [-0.25, -0.2) is 0 Å². The highest BCUT2D eigenvalue weighted by Gasteiger charge is 2.33. The van der Waals surface area contributed by atoms with Gasteiger partial charge in [-0.3, -0.25) is 9.78 Å². The fourth-order valence-corrected chi connectivity index (χ4v) is 2.72. The van der Waals surface area contributed by atoms with Gasteiger partial charge in [-0.2, -0.15) is 0 Å². The Hall–Kier alpha value is -2.02. The van der Waals surface area contributed by atoms with Crippen LogP contribution in [0.15, 0.2) is 42.7 Å². The van der Waals surface area contributed by atoms with Gasteiger partial charge >= 0.3 is 0 Å². The molecule has 3 N–H and O–H groups in total. The molecule has 1 amide bonds. The molecule has 1 aromatic carbocycles. The van der Waals surface area contributed by atoms with E-state index in [2.05, 4.69) is 10.3 Å². The molecule has 0 aliphatic heterocycles. The first-order chi connectivity index (χ1) is 12.6.